The second kappa shape index (κ2) is 18.7. The van der Waals surface area contributed by atoms with E-state index in [-0.39, 0.29) is 19.3 Å². The molecule has 0 saturated heterocycles. The minimum Gasteiger partial charge on any atom is -0.464 e. The van der Waals surface area contributed by atoms with Crippen molar-refractivity contribution in [3.63, 3.8) is 0 Å². The molecule has 0 rings (SSSR count). The van der Waals surface area contributed by atoms with Gasteiger partial charge in [-0.3, -0.25) is 0 Å². The number of carbonyl (C=O) groups excluding carboxylic acids is 2. The molecule has 0 aliphatic carbocycles. The Labute approximate surface area is 160 Å². The van der Waals surface area contributed by atoms with Crippen molar-refractivity contribution in [3.05, 3.63) is 0 Å². The van der Waals surface area contributed by atoms with Crippen LogP contribution >= 0.6 is 0 Å². The summed E-state index contributed by atoms with van der Waals surface area (Å²) in [6.07, 6.45) is 14.1. The largest absolute Gasteiger partial charge is 0.464 e. The van der Waals surface area contributed by atoms with Crippen LogP contribution in [0.15, 0.2) is 0 Å². The van der Waals surface area contributed by atoms with Crippen molar-refractivity contribution >= 4 is 11.9 Å². The molecule has 0 aliphatic heterocycles. The Morgan fingerprint density at radius 1 is 0.731 bits per heavy atom. The predicted octanol–water partition coefficient (Wildman–Crippen LogP) is 5.20. The maximum absolute atomic E-state index is 11.5. The van der Waals surface area contributed by atoms with Crippen molar-refractivity contribution in [2.45, 2.75) is 104 Å². The molecule has 0 bridgehead atoms. The lowest BCUT2D eigenvalue weighted by Crippen LogP contribution is -2.22. The molecule has 0 N–H and O–H groups in total. The summed E-state index contributed by atoms with van der Waals surface area (Å²) in [6.45, 7) is 6.14. The monoisotopic (exact) mass is 372 g/mol. The molecule has 26 heavy (non-hydrogen) atoms. The SMILES string of the molecule is CCCCCCCCCCCCOC(=O)COCC(=O)OC(C)CCC. The van der Waals surface area contributed by atoms with Gasteiger partial charge in [0.1, 0.15) is 13.2 Å². The molecule has 0 aliphatic rings. The van der Waals surface area contributed by atoms with E-state index in [9.17, 15) is 9.59 Å². The Bertz CT molecular complexity index is 343. The van der Waals surface area contributed by atoms with Gasteiger partial charge in [0.2, 0.25) is 0 Å². The average Bonchev–Trinajstić information content (AvgIpc) is 2.59. The summed E-state index contributed by atoms with van der Waals surface area (Å²) < 4.78 is 15.3. The summed E-state index contributed by atoms with van der Waals surface area (Å²) in [4.78, 5) is 23.0. The Morgan fingerprint density at radius 3 is 1.85 bits per heavy atom. The van der Waals surface area contributed by atoms with Gasteiger partial charge < -0.3 is 14.2 Å². The highest BCUT2D eigenvalue weighted by molar-refractivity contribution is 5.73. The molecule has 5 heteroatoms. The lowest BCUT2D eigenvalue weighted by molar-refractivity contribution is -0.158. The molecule has 154 valence electrons. The van der Waals surface area contributed by atoms with E-state index in [1.54, 1.807) is 0 Å². The van der Waals surface area contributed by atoms with Gasteiger partial charge in [-0.15, -0.1) is 0 Å². The van der Waals surface area contributed by atoms with E-state index >= 15 is 0 Å². The molecule has 0 radical (unpaired) electrons. The minimum absolute atomic E-state index is 0.112. The highest BCUT2D eigenvalue weighted by atomic mass is 16.6. The maximum Gasteiger partial charge on any atom is 0.332 e. The summed E-state index contributed by atoms with van der Waals surface area (Å²) in [5, 5.41) is 0. The van der Waals surface area contributed by atoms with Gasteiger partial charge in [-0.05, 0) is 19.8 Å². The van der Waals surface area contributed by atoms with E-state index < -0.39 is 11.9 Å². The molecule has 0 heterocycles. The highest BCUT2D eigenvalue weighted by Gasteiger charge is 2.10. The van der Waals surface area contributed by atoms with Gasteiger partial charge in [0.25, 0.3) is 0 Å². The highest BCUT2D eigenvalue weighted by Crippen LogP contribution is 2.10. The molecule has 0 amide bonds. The van der Waals surface area contributed by atoms with Crippen LogP contribution < -0.4 is 0 Å². The van der Waals surface area contributed by atoms with E-state index in [2.05, 4.69) is 6.92 Å². The summed E-state index contributed by atoms with van der Waals surface area (Å²) >= 11 is 0. The lowest BCUT2D eigenvalue weighted by atomic mass is 10.1. The molecule has 0 spiro atoms. The average molecular weight is 373 g/mol. The number of hydrogen-bond acceptors (Lipinski definition) is 5. The van der Waals surface area contributed by atoms with Crippen LogP contribution in [-0.2, 0) is 23.8 Å². The fourth-order valence-electron chi connectivity index (χ4n) is 2.76. The van der Waals surface area contributed by atoms with Crippen LogP contribution in [-0.4, -0.2) is 37.9 Å². The smallest absolute Gasteiger partial charge is 0.332 e. The zero-order chi connectivity index (χ0) is 19.5. The fourth-order valence-corrected chi connectivity index (χ4v) is 2.76. The second-order valence-corrected chi connectivity index (χ2v) is 6.98. The number of unbranched alkanes of at least 4 members (excludes halogenated alkanes) is 9. The first kappa shape index (κ1) is 24.9. The van der Waals surface area contributed by atoms with Gasteiger partial charge in [0, 0.05) is 0 Å². The molecule has 1 unspecified atom stereocenters. The third kappa shape index (κ3) is 17.7. The summed E-state index contributed by atoms with van der Waals surface area (Å²) in [7, 11) is 0. The van der Waals surface area contributed by atoms with Crippen molar-refractivity contribution in [1.29, 1.82) is 0 Å². The first-order valence-corrected chi connectivity index (χ1v) is 10.5. The first-order valence-electron chi connectivity index (χ1n) is 10.5. The van der Waals surface area contributed by atoms with Crippen molar-refractivity contribution < 1.29 is 23.8 Å². The predicted molar refractivity (Wildman–Crippen MR) is 104 cm³/mol. The van der Waals surface area contributed by atoms with Crippen LogP contribution in [0.2, 0.25) is 0 Å². The van der Waals surface area contributed by atoms with Crippen LogP contribution in [0.1, 0.15) is 97.8 Å². The Balaban J connectivity index is 3.35. The molecule has 0 aromatic heterocycles. The number of carbonyl (C=O) groups is 2. The Kier molecular flexibility index (Phi) is 17.9. The number of hydrogen-bond donors (Lipinski definition) is 0. The van der Waals surface area contributed by atoms with Gasteiger partial charge in [-0.25, -0.2) is 9.59 Å². The van der Waals surface area contributed by atoms with Crippen molar-refractivity contribution in [2.24, 2.45) is 0 Å². The van der Waals surface area contributed by atoms with E-state index in [1.807, 2.05) is 13.8 Å². The van der Waals surface area contributed by atoms with Gasteiger partial charge in [-0.2, -0.15) is 0 Å². The van der Waals surface area contributed by atoms with Crippen LogP contribution in [0, 0.1) is 0 Å². The third-order valence-corrected chi connectivity index (χ3v) is 4.23. The van der Waals surface area contributed by atoms with E-state index in [0.717, 1.165) is 25.7 Å². The second-order valence-electron chi connectivity index (χ2n) is 6.98. The molecule has 0 aromatic rings. The molecule has 0 saturated carbocycles. The van der Waals surface area contributed by atoms with Gasteiger partial charge in [-0.1, -0.05) is 78.1 Å². The van der Waals surface area contributed by atoms with Crippen LogP contribution in [0.3, 0.4) is 0 Å². The normalized spacial score (nSPS) is 12.0. The Hall–Kier alpha value is -1.10. The van der Waals surface area contributed by atoms with Crippen LogP contribution in [0.5, 0.6) is 0 Å². The molecular formula is C21H40O5. The molecule has 1 atom stereocenters. The zero-order valence-electron chi connectivity index (χ0n) is 17.2. The third-order valence-electron chi connectivity index (χ3n) is 4.23. The van der Waals surface area contributed by atoms with E-state index in [4.69, 9.17) is 14.2 Å². The zero-order valence-corrected chi connectivity index (χ0v) is 17.2. The quantitative estimate of drug-likeness (QED) is 0.244. The van der Waals surface area contributed by atoms with Crippen molar-refractivity contribution in [3.8, 4) is 0 Å². The van der Waals surface area contributed by atoms with Gasteiger partial charge in [0.05, 0.1) is 12.7 Å². The first-order chi connectivity index (χ1) is 12.6. The van der Waals surface area contributed by atoms with Gasteiger partial charge in [0.15, 0.2) is 0 Å². The van der Waals surface area contributed by atoms with E-state index in [0.29, 0.717) is 6.61 Å². The molecule has 5 nitrogen and oxygen atoms in total. The Morgan fingerprint density at radius 2 is 1.27 bits per heavy atom. The topological polar surface area (TPSA) is 61.8 Å². The number of ether oxygens (including phenoxy) is 3. The fraction of sp³-hybridized carbons (Fsp3) is 0.905. The lowest BCUT2D eigenvalue weighted by Gasteiger charge is -2.12. The minimum atomic E-state index is -0.437. The van der Waals surface area contributed by atoms with Crippen LogP contribution in [0.4, 0.5) is 0 Å². The standard InChI is InChI=1S/C21H40O5/c1-4-6-7-8-9-10-11-12-13-14-16-25-20(22)17-24-18-21(23)26-19(3)15-5-2/h19H,4-18H2,1-3H3. The maximum atomic E-state index is 11.5. The van der Waals surface area contributed by atoms with Crippen molar-refractivity contribution in [1.82, 2.24) is 0 Å². The number of rotatable bonds is 18. The molecular weight excluding hydrogens is 332 g/mol. The summed E-state index contributed by atoms with van der Waals surface area (Å²) in [5.74, 6) is -0.858. The number of esters is 2. The van der Waals surface area contributed by atoms with Crippen molar-refractivity contribution in [2.75, 3.05) is 19.8 Å². The summed E-state index contributed by atoms with van der Waals surface area (Å²) in [5.41, 5.74) is 0. The summed E-state index contributed by atoms with van der Waals surface area (Å²) in [6, 6.07) is 0. The van der Waals surface area contributed by atoms with Gasteiger partial charge >= 0.3 is 11.9 Å². The van der Waals surface area contributed by atoms with Crippen LogP contribution in [0.25, 0.3) is 0 Å². The van der Waals surface area contributed by atoms with E-state index in [1.165, 1.54) is 51.4 Å². The molecule has 0 fully saturated rings. The molecule has 0 aromatic carbocycles.